The van der Waals surface area contributed by atoms with Gasteiger partial charge in [0.15, 0.2) is 11.6 Å². The maximum absolute atomic E-state index is 11.9. The molecule has 0 aromatic heterocycles. The molecule has 0 saturated heterocycles. The molecule has 2 nitrogen and oxygen atoms in total. The molecule has 0 fully saturated rings. The zero-order chi connectivity index (χ0) is 13.0. The fraction of sp³-hybridized carbons (Fsp3) is 0.286. The second-order valence-corrected chi connectivity index (χ2v) is 4.62. The summed E-state index contributed by atoms with van der Waals surface area (Å²) >= 11 is 5.85. The van der Waals surface area contributed by atoms with Crippen LogP contribution in [0.25, 0.3) is 6.08 Å². The lowest BCUT2D eigenvalue weighted by molar-refractivity contribution is -0.122. The standard InChI is InChI=1S/C14H15ClO2/c1-9(2)14(17)13(10(3)16)8-11-5-4-6-12(15)7-11/h4-9H,1-3H3/b13-8+. The second-order valence-electron chi connectivity index (χ2n) is 4.19. The summed E-state index contributed by atoms with van der Waals surface area (Å²) in [6, 6.07) is 7.06. The molecule has 0 aliphatic heterocycles. The van der Waals surface area contributed by atoms with Gasteiger partial charge in [-0.3, -0.25) is 9.59 Å². The van der Waals surface area contributed by atoms with E-state index in [1.807, 2.05) is 6.07 Å². The molecule has 1 aromatic rings. The van der Waals surface area contributed by atoms with Crippen molar-refractivity contribution in [2.75, 3.05) is 0 Å². The molecule has 0 amide bonds. The molecule has 0 radical (unpaired) electrons. The van der Waals surface area contributed by atoms with Crippen LogP contribution < -0.4 is 0 Å². The van der Waals surface area contributed by atoms with Crippen LogP contribution in [0.15, 0.2) is 29.8 Å². The number of hydrogen-bond acceptors (Lipinski definition) is 2. The lowest BCUT2D eigenvalue weighted by atomic mass is 9.96. The molecule has 0 aliphatic rings. The topological polar surface area (TPSA) is 34.1 Å². The lowest BCUT2D eigenvalue weighted by Gasteiger charge is -2.06. The van der Waals surface area contributed by atoms with Crippen LogP contribution in [0.5, 0.6) is 0 Å². The highest BCUT2D eigenvalue weighted by atomic mass is 35.5. The molecule has 1 aromatic carbocycles. The first-order chi connectivity index (χ1) is 7.91. The van der Waals surface area contributed by atoms with Crippen LogP contribution in [0.2, 0.25) is 5.02 Å². The van der Waals surface area contributed by atoms with Gasteiger partial charge in [-0.25, -0.2) is 0 Å². The Morgan fingerprint density at radius 1 is 1.29 bits per heavy atom. The quantitative estimate of drug-likeness (QED) is 0.465. The van der Waals surface area contributed by atoms with E-state index in [2.05, 4.69) is 0 Å². The van der Waals surface area contributed by atoms with E-state index in [4.69, 9.17) is 11.6 Å². The first-order valence-corrected chi connectivity index (χ1v) is 5.82. The van der Waals surface area contributed by atoms with E-state index < -0.39 is 0 Å². The van der Waals surface area contributed by atoms with Crippen LogP contribution in [-0.4, -0.2) is 11.6 Å². The van der Waals surface area contributed by atoms with Gasteiger partial charge in [0.05, 0.1) is 5.57 Å². The summed E-state index contributed by atoms with van der Waals surface area (Å²) < 4.78 is 0. The number of rotatable bonds is 4. The molecule has 0 spiro atoms. The maximum atomic E-state index is 11.9. The van der Waals surface area contributed by atoms with Crippen molar-refractivity contribution in [1.29, 1.82) is 0 Å². The zero-order valence-corrected chi connectivity index (χ0v) is 10.9. The van der Waals surface area contributed by atoms with Crippen LogP contribution in [0.4, 0.5) is 0 Å². The molecule has 0 aliphatic carbocycles. The van der Waals surface area contributed by atoms with Crippen molar-refractivity contribution in [3.8, 4) is 0 Å². The average Bonchev–Trinajstić information content (AvgIpc) is 2.24. The van der Waals surface area contributed by atoms with E-state index in [0.717, 1.165) is 5.56 Å². The van der Waals surface area contributed by atoms with E-state index in [-0.39, 0.29) is 23.1 Å². The summed E-state index contributed by atoms with van der Waals surface area (Å²) in [6.45, 7) is 4.95. The largest absolute Gasteiger partial charge is 0.294 e. The molecule has 0 unspecified atom stereocenters. The van der Waals surface area contributed by atoms with Gasteiger partial charge in [-0.15, -0.1) is 0 Å². The third kappa shape index (κ3) is 3.82. The summed E-state index contributed by atoms with van der Waals surface area (Å²) in [4.78, 5) is 23.3. The molecule has 0 heterocycles. The molecule has 17 heavy (non-hydrogen) atoms. The summed E-state index contributed by atoms with van der Waals surface area (Å²) in [5, 5.41) is 0.582. The Labute approximate surface area is 106 Å². The molecule has 0 atom stereocenters. The average molecular weight is 251 g/mol. The Hall–Kier alpha value is -1.41. The summed E-state index contributed by atoms with van der Waals surface area (Å²) in [6.07, 6.45) is 1.59. The molecule has 0 N–H and O–H groups in total. The van der Waals surface area contributed by atoms with E-state index in [1.54, 1.807) is 38.1 Å². The van der Waals surface area contributed by atoms with Gasteiger partial charge in [0.1, 0.15) is 0 Å². The highest BCUT2D eigenvalue weighted by molar-refractivity contribution is 6.30. The minimum absolute atomic E-state index is 0.141. The van der Waals surface area contributed by atoms with Crippen LogP contribution in [0.1, 0.15) is 26.3 Å². The molecule has 0 saturated carbocycles. The smallest absolute Gasteiger partial charge is 0.168 e. The van der Waals surface area contributed by atoms with Gasteiger partial charge in [-0.05, 0) is 30.7 Å². The van der Waals surface area contributed by atoms with Crippen LogP contribution in [-0.2, 0) is 9.59 Å². The Kier molecular flexibility index (Phi) is 4.64. The number of halogens is 1. The Morgan fingerprint density at radius 2 is 1.94 bits per heavy atom. The van der Waals surface area contributed by atoms with Gasteiger partial charge in [0, 0.05) is 10.9 Å². The van der Waals surface area contributed by atoms with Crippen molar-refractivity contribution in [2.45, 2.75) is 20.8 Å². The van der Waals surface area contributed by atoms with Crippen LogP contribution in [0.3, 0.4) is 0 Å². The number of ketones is 2. The molecular formula is C14H15ClO2. The highest BCUT2D eigenvalue weighted by Gasteiger charge is 2.17. The van der Waals surface area contributed by atoms with Crippen molar-refractivity contribution in [1.82, 2.24) is 0 Å². The molecular weight excluding hydrogens is 236 g/mol. The van der Waals surface area contributed by atoms with Crippen LogP contribution in [0, 0.1) is 5.92 Å². The van der Waals surface area contributed by atoms with Crippen molar-refractivity contribution in [2.24, 2.45) is 5.92 Å². The molecule has 1 rings (SSSR count). The fourth-order valence-corrected chi connectivity index (χ4v) is 1.62. The fourth-order valence-electron chi connectivity index (χ4n) is 1.42. The van der Waals surface area contributed by atoms with Gasteiger partial charge in [-0.2, -0.15) is 0 Å². The highest BCUT2D eigenvalue weighted by Crippen LogP contribution is 2.16. The van der Waals surface area contributed by atoms with Gasteiger partial charge in [0.2, 0.25) is 0 Å². The van der Waals surface area contributed by atoms with Gasteiger partial charge in [0.25, 0.3) is 0 Å². The zero-order valence-electron chi connectivity index (χ0n) is 10.2. The first-order valence-electron chi connectivity index (χ1n) is 5.44. The van der Waals surface area contributed by atoms with Crippen molar-refractivity contribution in [3.63, 3.8) is 0 Å². The van der Waals surface area contributed by atoms with E-state index in [0.29, 0.717) is 5.02 Å². The van der Waals surface area contributed by atoms with E-state index in [1.165, 1.54) is 6.92 Å². The predicted molar refractivity (Wildman–Crippen MR) is 70.0 cm³/mol. The number of carbonyl (C=O) groups excluding carboxylic acids is 2. The van der Waals surface area contributed by atoms with Gasteiger partial charge < -0.3 is 0 Å². The van der Waals surface area contributed by atoms with Crippen LogP contribution >= 0.6 is 11.6 Å². The predicted octanol–water partition coefficient (Wildman–Crippen LogP) is 3.54. The molecule has 0 bridgehead atoms. The van der Waals surface area contributed by atoms with Gasteiger partial charge >= 0.3 is 0 Å². The van der Waals surface area contributed by atoms with E-state index >= 15 is 0 Å². The first kappa shape index (κ1) is 13.7. The number of benzene rings is 1. The maximum Gasteiger partial charge on any atom is 0.168 e. The minimum atomic E-state index is -0.219. The Morgan fingerprint density at radius 3 is 2.41 bits per heavy atom. The summed E-state index contributed by atoms with van der Waals surface area (Å²) in [7, 11) is 0. The van der Waals surface area contributed by atoms with E-state index in [9.17, 15) is 9.59 Å². The molecule has 90 valence electrons. The minimum Gasteiger partial charge on any atom is -0.294 e. The number of hydrogen-bond donors (Lipinski definition) is 0. The summed E-state index contributed by atoms with van der Waals surface area (Å²) in [5.74, 6) is -0.550. The second kappa shape index (κ2) is 5.78. The van der Waals surface area contributed by atoms with Crippen molar-refractivity contribution in [3.05, 3.63) is 40.4 Å². The van der Waals surface area contributed by atoms with Crippen molar-refractivity contribution >= 4 is 29.2 Å². The number of Topliss-reactive ketones (excluding diaryl/α,β-unsaturated/α-hetero) is 2. The molecule has 3 heteroatoms. The number of allylic oxidation sites excluding steroid dienone is 1. The normalized spacial score (nSPS) is 11.7. The number of carbonyl (C=O) groups is 2. The Balaban J connectivity index is 3.15. The Bertz CT molecular complexity index is 473. The third-order valence-corrected chi connectivity index (χ3v) is 2.56. The summed E-state index contributed by atoms with van der Waals surface area (Å²) in [5.41, 5.74) is 0.985. The monoisotopic (exact) mass is 250 g/mol. The SMILES string of the molecule is CC(=O)/C(=C\c1cccc(Cl)c1)C(=O)C(C)C. The lowest BCUT2D eigenvalue weighted by Crippen LogP contribution is -2.15. The van der Waals surface area contributed by atoms with Gasteiger partial charge in [-0.1, -0.05) is 37.6 Å². The van der Waals surface area contributed by atoms with Crippen molar-refractivity contribution < 1.29 is 9.59 Å². The third-order valence-electron chi connectivity index (χ3n) is 2.33.